The van der Waals surface area contributed by atoms with Crippen molar-refractivity contribution in [3.8, 4) is 16.9 Å². The zero-order chi connectivity index (χ0) is 10.3. The first-order chi connectivity index (χ1) is 7.36. The molecule has 0 saturated heterocycles. The van der Waals surface area contributed by atoms with Gasteiger partial charge < -0.3 is 4.52 Å². The summed E-state index contributed by atoms with van der Waals surface area (Å²) < 4.78 is 5.67. The van der Waals surface area contributed by atoms with Crippen molar-refractivity contribution in [1.82, 2.24) is 0 Å². The smallest absolute Gasteiger partial charge is 0.132 e. The number of fused-ring (bicyclic) bond motifs is 3. The van der Waals surface area contributed by atoms with Crippen molar-refractivity contribution in [1.29, 1.82) is 0 Å². The molecule has 0 aliphatic carbocycles. The Kier molecular flexibility index (Phi) is 2.16. The van der Waals surface area contributed by atoms with E-state index in [1.807, 2.05) is 30.3 Å². The third kappa shape index (κ3) is 1.43. The number of hydrogen-bond acceptors (Lipinski definition) is 1. The average Bonchev–Trinajstić information content (AvgIpc) is 2.29. The van der Waals surface area contributed by atoms with Gasteiger partial charge in [-0.1, -0.05) is 41.9 Å². The first-order valence-corrected chi connectivity index (χ1v) is 5.95. The van der Waals surface area contributed by atoms with Crippen molar-refractivity contribution in [3.05, 3.63) is 47.5 Å². The molecular formula is C12H8ClOP. The molecule has 1 aliphatic heterocycles. The highest BCUT2D eigenvalue weighted by Crippen LogP contribution is 2.43. The van der Waals surface area contributed by atoms with Gasteiger partial charge in [0.1, 0.15) is 14.6 Å². The Bertz CT molecular complexity index is 525. The molecule has 1 aliphatic rings. The van der Waals surface area contributed by atoms with Crippen LogP contribution in [0, 0.1) is 0 Å². The summed E-state index contributed by atoms with van der Waals surface area (Å²) in [6, 6.07) is 14.0. The molecule has 74 valence electrons. The lowest BCUT2D eigenvalue weighted by molar-refractivity contribution is 0.638. The molecule has 0 bridgehead atoms. The Labute approximate surface area is 94.9 Å². The molecule has 1 heterocycles. The second-order valence-electron chi connectivity index (χ2n) is 3.36. The fourth-order valence-corrected chi connectivity index (χ4v) is 2.89. The van der Waals surface area contributed by atoms with Crippen LogP contribution in [0.3, 0.4) is 0 Å². The first-order valence-electron chi connectivity index (χ1n) is 4.67. The summed E-state index contributed by atoms with van der Waals surface area (Å²) >= 11 is 6.19. The van der Waals surface area contributed by atoms with Gasteiger partial charge in [-0.2, -0.15) is 0 Å². The van der Waals surface area contributed by atoms with E-state index in [0.717, 1.165) is 16.3 Å². The summed E-state index contributed by atoms with van der Waals surface area (Å²) in [6.07, 6.45) is 0. The van der Waals surface area contributed by atoms with Crippen molar-refractivity contribution < 1.29 is 4.52 Å². The molecule has 0 radical (unpaired) electrons. The third-order valence-corrected chi connectivity index (χ3v) is 3.74. The number of rotatable bonds is 0. The topological polar surface area (TPSA) is 9.23 Å². The standard InChI is InChI=1S/C12H8ClOP/c13-9-5-3-6-10-12(9)8-4-1-2-7-11(8)15-14-10/h1-7,15H. The van der Waals surface area contributed by atoms with Gasteiger partial charge in [0.15, 0.2) is 0 Å². The van der Waals surface area contributed by atoms with Crippen LogP contribution in [0.15, 0.2) is 42.5 Å². The van der Waals surface area contributed by atoms with Gasteiger partial charge in [0, 0.05) is 10.9 Å². The molecule has 2 aromatic carbocycles. The van der Waals surface area contributed by atoms with Crippen LogP contribution >= 0.6 is 20.4 Å². The molecule has 15 heavy (non-hydrogen) atoms. The predicted molar refractivity (Wildman–Crippen MR) is 65.5 cm³/mol. The molecule has 1 unspecified atom stereocenters. The van der Waals surface area contributed by atoms with E-state index in [9.17, 15) is 0 Å². The maximum atomic E-state index is 6.19. The Morgan fingerprint density at radius 2 is 1.87 bits per heavy atom. The number of hydrogen-bond donors (Lipinski definition) is 0. The van der Waals surface area contributed by atoms with Crippen LogP contribution in [0.25, 0.3) is 11.1 Å². The Balaban J connectivity index is 2.33. The van der Waals surface area contributed by atoms with E-state index in [1.165, 1.54) is 10.9 Å². The van der Waals surface area contributed by atoms with Gasteiger partial charge in [0.2, 0.25) is 0 Å². The lowest BCUT2D eigenvalue weighted by Crippen LogP contribution is -2.07. The van der Waals surface area contributed by atoms with Gasteiger partial charge in [-0.25, -0.2) is 0 Å². The SMILES string of the molecule is Clc1cccc2c1-c1ccccc1PO2. The van der Waals surface area contributed by atoms with E-state index in [2.05, 4.69) is 12.1 Å². The van der Waals surface area contributed by atoms with E-state index in [4.69, 9.17) is 16.1 Å². The van der Waals surface area contributed by atoms with Crippen molar-refractivity contribution in [3.63, 3.8) is 0 Å². The summed E-state index contributed by atoms with van der Waals surface area (Å²) in [4.78, 5) is 0. The van der Waals surface area contributed by atoms with Crippen LogP contribution in [0.2, 0.25) is 5.02 Å². The zero-order valence-electron chi connectivity index (χ0n) is 7.83. The van der Waals surface area contributed by atoms with Gasteiger partial charge in [-0.05, 0) is 17.7 Å². The van der Waals surface area contributed by atoms with E-state index in [0.29, 0.717) is 8.81 Å². The van der Waals surface area contributed by atoms with Crippen LogP contribution in [0.1, 0.15) is 0 Å². The fourth-order valence-electron chi connectivity index (χ4n) is 1.75. The normalized spacial score (nSPS) is 14.2. The fraction of sp³-hybridized carbons (Fsp3) is 0. The van der Waals surface area contributed by atoms with Crippen molar-refractivity contribution in [2.45, 2.75) is 0 Å². The van der Waals surface area contributed by atoms with Crippen LogP contribution in [0.5, 0.6) is 5.75 Å². The van der Waals surface area contributed by atoms with Crippen LogP contribution in [0.4, 0.5) is 0 Å². The zero-order valence-corrected chi connectivity index (χ0v) is 9.58. The van der Waals surface area contributed by atoms with E-state index >= 15 is 0 Å². The first kappa shape index (κ1) is 9.21. The minimum Gasteiger partial charge on any atom is -0.472 e. The van der Waals surface area contributed by atoms with Crippen molar-refractivity contribution in [2.75, 3.05) is 0 Å². The molecule has 1 atom stereocenters. The number of halogens is 1. The number of benzene rings is 2. The Morgan fingerprint density at radius 1 is 1.00 bits per heavy atom. The maximum Gasteiger partial charge on any atom is 0.132 e. The molecule has 0 aromatic heterocycles. The summed E-state index contributed by atoms with van der Waals surface area (Å²) in [5.41, 5.74) is 2.22. The monoisotopic (exact) mass is 234 g/mol. The Hall–Kier alpha value is -1.04. The molecule has 1 nitrogen and oxygen atoms in total. The van der Waals surface area contributed by atoms with Gasteiger partial charge in [-0.15, -0.1) is 0 Å². The second-order valence-corrected chi connectivity index (χ2v) is 4.72. The molecule has 0 amide bonds. The molecule has 0 fully saturated rings. The van der Waals surface area contributed by atoms with E-state index in [1.54, 1.807) is 0 Å². The lowest BCUT2D eigenvalue weighted by atomic mass is 10.0. The second kappa shape index (κ2) is 3.52. The van der Waals surface area contributed by atoms with Crippen LogP contribution in [-0.4, -0.2) is 0 Å². The van der Waals surface area contributed by atoms with Gasteiger partial charge in [0.25, 0.3) is 0 Å². The molecule has 0 saturated carbocycles. The highest BCUT2D eigenvalue weighted by molar-refractivity contribution is 7.43. The minimum atomic E-state index is 0.377. The van der Waals surface area contributed by atoms with E-state index < -0.39 is 0 Å². The maximum absolute atomic E-state index is 6.19. The molecule has 0 N–H and O–H groups in total. The third-order valence-electron chi connectivity index (χ3n) is 2.44. The van der Waals surface area contributed by atoms with Gasteiger partial charge in [-0.3, -0.25) is 0 Å². The van der Waals surface area contributed by atoms with Gasteiger partial charge >= 0.3 is 0 Å². The largest absolute Gasteiger partial charge is 0.472 e. The van der Waals surface area contributed by atoms with Crippen molar-refractivity contribution >= 4 is 25.7 Å². The summed E-state index contributed by atoms with van der Waals surface area (Å²) in [5.74, 6) is 0.888. The average molecular weight is 235 g/mol. The van der Waals surface area contributed by atoms with Crippen LogP contribution < -0.4 is 9.83 Å². The van der Waals surface area contributed by atoms with Crippen LogP contribution in [-0.2, 0) is 0 Å². The highest BCUT2D eigenvalue weighted by Gasteiger charge is 2.18. The molecule has 0 spiro atoms. The summed E-state index contributed by atoms with van der Waals surface area (Å²) in [7, 11) is 0.377. The van der Waals surface area contributed by atoms with Crippen molar-refractivity contribution in [2.24, 2.45) is 0 Å². The van der Waals surface area contributed by atoms with Gasteiger partial charge in [0.05, 0.1) is 5.02 Å². The molecule has 3 heteroatoms. The minimum absolute atomic E-state index is 0.377. The molecule has 3 rings (SSSR count). The molecular weight excluding hydrogens is 227 g/mol. The highest BCUT2D eigenvalue weighted by atomic mass is 35.5. The lowest BCUT2D eigenvalue weighted by Gasteiger charge is -2.20. The summed E-state index contributed by atoms with van der Waals surface area (Å²) in [6.45, 7) is 0. The summed E-state index contributed by atoms with van der Waals surface area (Å²) in [5, 5.41) is 1.97. The molecule has 2 aromatic rings. The quantitative estimate of drug-likeness (QED) is 0.633. The Morgan fingerprint density at radius 3 is 2.80 bits per heavy atom. The van der Waals surface area contributed by atoms with E-state index in [-0.39, 0.29) is 0 Å². The predicted octanol–water partition coefficient (Wildman–Crippen LogP) is 3.62.